The Balaban J connectivity index is 1.48. The first kappa shape index (κ1) is 21.9. The SMILES string of the molecule is COC[C@@H](C)Oc1cc(F)cc2ccc(-c3nnc4n3C=C(CN3CC[C@H](N)C3)CC4)nc12. The number of ether oxygens (including phenoxy) is 2. The van der Waals surface area contributed by atoms with E-state index in [1.807, 2.05) is 23.6 Å². The van der Waals surface area contributed by atoms with Crippen molar-refractivity contribution in [1.82, 2.24) is 24.6 Å². The van der Waals surface area contributed by atoms with Crippen LogP contribution in [0.2, 0.25) is 0 Å². The molecule has 5 rings (SSSR count). The predicted molar refractivity (Wildman–Crippen MR) is 124 cm³/mol. The van der Waals surface area contributed by atoms with E-state index in [4.69, 9.17) is 20.2 Å². The number of halogens is 1. The van der Waals surface area contributed by atoms with E-state index in [9.17, 15) is 4.39 Å². The van der Waals surface area contributed by atoms with E-state index in [1.165, 1.54) is 17.7 Å². The molecular formula is C24H29FN6O2. The molecule has 9 heteroatoms. The van der Waals surface area contributed by atoms with Gasteiger partial charge in [-0.05, 0) is 37.5 Å². The number of fused-ring (bicyclic) bond motifs is 2. The largest absolute Gasteiger partial charge is 0.486 e. The molecule has 33 heavy (non-hydrogen) atoms. The standard InChI is InChI=1S/C24H29FN6O2/c1-15(14-32-2)33-21-10-18(25)9-17-4-5-20(27-23(17)21)24-29-28-22-6-3-16(12-31(22)24)11-30-8-7-19(26)13-30/h4-5,9-10,12,15,19H,3,6-8,11,13-14,26H2,1-2H3/t15-,19+/m1/s1. The fourth-order valence-corrected chi connectivity index (χ4v) is 4.60. The second-order valence-corrected chi connectivity index (χ2v) is 8.94. The first-order valence-electron chi connectivity index (χ1n) is 11.4. The lowest BCUT2D eigenvalue weighted by molar-refractivity contribution is 0.0928. The molecule has 2 aromatic heterocycles. The summed E-state index contributed by atoms with van der Waals surface area (Å²) in [6.45, 7) is 5.15. The van der Waals surface area contributed by atoms with Crippen molar-refractivity contribution in [2.24, 2.45) is 5.73 Å². The number of hydrogen-bond donors (Lipinski definition) is 1. The van der Waals surface area contributed by atoms with Gasteiger partial charge < -0.3 is 15.2 Å². The Hall–Kier alpha value is -2.88. The van der Waals surface area contributed by atoms with E-state index in [-0.39, 0.29) is 18.0 Å². The molecule has 1 saturated heterocycles. The van der Waals surface area contributed by atoms with Gasteiger partial charge in [0.25, 0.3) is 0 Å². The average Bonchev–Trinajstić information content (AvgIpc) is 3.39. The maximum absolute atomic E-state index is 14.2. The number of methoxy groups -OCH3 is 1. The molecule has 0 radical (unpaired) electrons. The van der Waals surface area contributed by atoms with Crippen LogP contribution in [0.4, 0.5) is 4.39 Å². The van der Waals surface area contributed by atoms with Crippen LogP contribution in [-0.4, -0.2) is 70.1 Å². The molecule has 0 aliphatic carbocycles. The topological polar surface area (TPSA) is 91.3 Å². The van der Waals surface area contributed by atoms with E-state index in [2.05, 4.69) is 21.3 Å². The summed E-state index contributed by atoms with van der Waals surface area (Å²) in [5.74, 6) is 1.60. The van der Waals surface area contributed by atoms with Crippen molar-refractivity contribution in [2.45, 2.75) is 38.3 Å². The van der Waals surface area contributed by atoms with Crippen LogP contribution >= 0.6 is 0 Å². The minimum atomic E-state index is -0.370. The summed E-state index contributed by atoms with van der Waals surface area (Å²) in [5, 5.41) is 9.48. The molecule has 4 heterocycles. The van der Waals surface area contributed by atoms with Crippen molar-refractivity contribution in [3.63, 3.8) is 0 Å². The van der Waals surface area contributed by atoms with E-state index in [0.717, 1.165) is 44.7 Å². The number of hydrogen-bond acceptors (Lipinski definition) is 7. The summed E-state index contributed by atoms with van der Waals surface area (Å²) in [6, 6.07) is 6.78. The summed E-state index contributed by atoms with van der Waals surface area (Å²) < 4.78 is 27.3. The minimum absolute atomic E-state index is 0.240. The van der Waals surface area contributed by atoms with E-state index < -0.39 is 0 Å². The monoisotopic (exact) mass is 452 g/mol. The van der Waals surface area contributed by atoms with Crippen molar-refractivity contribution < 1.29 is 13.9 Å². The van der Waals surface area contributed by atoms with Crippen LogP contribution in [0.5, 0.6) is 5.75 Å². The van der Waals surface area contributed by atoms with Crippen LogP contribution in [-0.2, 0) is 11.2 Å². The first-order chi connectivity index (χ1) is 16.0. The minimum Gasteiger partial charge on any atom is -0.486 e. The highest BCUT2D eigenvalue weighted by molar-refractivity contribution is 5.86. The fraction of sp³-hybridized carbons (Fsp3) is 0.458. The van der Waals surface area contributed by atoms with Crippen molar-refractivity contribution in [2.75, 3.05) is 33.4 Å². The molecule has 0 spiro atoms. The summed E-state index contributed by atoms with van der Waals surface area (Å²) in [5.41, 5.74) is 8.65. The fourth-order valence-electron chi connectivity index (χ4n) is 4.60. The highest BCUT2D eigenvalue weighted by Crippen LogP contribution is 2.30. The molecule has 1 aromatic carbocycles. The molecule has 2 N–H and O–H groups in total. The van der Waals surface area contributed by atoms with Gasteiger partial charge >= 0.3 is 0 Å². The predicted octanol–water partition coefficient (Wildman–Crippen LogP) is 2.87. The lowest BCUT2D eigenvalue weighted by Crippen LogP contribution is -2.28. The van der Waals surface area contributed by atoms with Crippen molar-refractivity contribution in [3.05, 3.63) is 41.5 Å². The Morgan fingerprint density at radius 3 is 2.91 bits per heavy atom. The molecule has 2 atom stereocenters. The molecule has 0 amide bonds. The van der Waals surface area contributed by atoms with Gasteiger partial charge in [-0.3, -0.25) is 9.47 Å². The van der Waals surface area contributed by atoms with Gasteiger partial charge in [0.2, 0.25) is 0 Å². The van der Waals surface area contributed by atoms with Gasteiger partial charge in [0.1, 0.15) is 34.7 Å². The normalized spacial score (nSPS) is 19.5. The Bertz CT molecular complexity index is 1190. The summed E-state index contributed by atoms with van der Waals surface area (Å²) in [6.07, 6.45) is 4.73. The van der Waals surface area contributed by atoms with E-state index in [1.54, 1.807) is 7.11 Å². The number of likely N-dealkylation sites (tertiary alicyclic amines) is 1. The van der Waals surface area contributed by atoms with Crippen LogP contribution in [0.25, 0.3) is 28.6 Å². The molecule has 2 aliphatic rings. The number of aromatic nitrogens is 4. The summed E-state index contributed by atoms with van der Waals surface area (Å²) in [7, 11) is 1.61. The highest BCUT2D eigenvalue weighted by atomic mass is 19.1. The molecule has 8 nitrogen and oxygen atoms in total. The number of aryl methyl sites for hydroxylation is 1. The maximum Gasteiger partial charge on any atom is 0.186 e. The Morgan fingerprint density at radius 2 is 2.12 bits per heavy atom. The lowest BCUT2D eigenvalue weighted by atomic mass is 10.1. The van der Waals surface area contributed by atoms with Crippen LogP contribution in [0.15, 0.2) is 29.8 Å². The number of nitrogens with two attached hydrogens (primary N) is 1. The Morgan fingerprint density at radius 1 is 1.24 bits per heavy atom. The Labute approximate surface area is 192 Å². The molecular weight excluding hydrogens is 423 g/mol. The summed E-state index contributed by atoms with van der Waals surface area (Å²) in [4.78, 5) is 7.21. The van der Waals surface area contributed by atoms with Gasteiger partial charge in [-0.25, -0.2) is 9.37 Å². The van der Waals surface area contributed by atoms with Gasteiger partial charge in [0.05, 0.1) is 6.61 Å². The molecule has 0 saturated carbocycles. The molecule has 2 aliphatic heterocycles. The van der Waals surface area contributed by atoms with Crippen molar-refractivity contribution in [1.29, 1.82) is 0 Å². The van der Waals surface area contributed by atoms with Crippen LogP contribution in [0.3, 0.4) is 0 Å². The van der Waals surface area contributed by atoms with Gasteiger partial charge in [-0.2, -0.15) is 0 Å². The zero-order chi connectivity index (χ0) is 22.9. The Kier molecular flexibility index (Phi) is 6.09. The first-order valence-corrected chi connectivity index (χ1v) is 11.4. The summed E-state index contributed by atoms with van der Waals surface area (Å²) >= 11 is 0. The average molecular weight is 453 g/mol. The molecule has 1 fully saturated rings. The molecule has 0 unspecified atom stereocenters. The van der Waals surface area contributed by atoms with Crippen LogP contribution in [0, 0.1) is 5.82 Å². The second kappa shape index (κ2) is 9.17. The molecule has 0 bridgehead atoms. The second-order valence-electron chi connectivity index (χ2n) is 8.94. The third-order valence-electron chi connectivity index (χ3n) is 6.16. The molecule has 3 aromatic rings. The van der Waals surface area contributed by atoms with E-state index >= 15 is 0 Å². The quantitative estimate of drug-likeness (QED) is 0.589. The number of benzene rings is 1. The van der Waals surface area contributed by atoms with E-state index in [0.29, 0.717) is 34.8 Å². The smallest absolute Gasteiger partial charge is 0.186 e. The third-order valence-corrected chi connectivity index (χ3v) is 6.16. The van der Waals surface area contributed by atoms with Gasteiger partial charge in [-0.1, -0.05) is 6.07 Å². The molecule has 174 valence electrons. The van der Waals surface area contributed by atoms with Crippen molar-refractivity contribution >= 4 is 17.1 Å². The number of rotatable bonds is 7. The number of nitrogens with zero attached hydrogens (tertiary/aromatic N) is 5. The highest BCUT2D eigenvalue weighted by Gasteiger charge is 2.23. The maximum atomic E-state index is 14.2. The third kappa shape index (κ3) is 4.62. The zero-order valence-corrected chi connectivity index (χ0v) is 19.0. The number of pyridine rings is 1. The van der Waals surface area contributed by atoms with Crippen molar-refractivity contribution in [3.8, 4) is 17.3 Å². The lowest BCUT2D eigenvalue weighted by Gasteiger charge is -2.21. The van der Waals surface area contributed by atoms with Crippen LogP contribution < -0.4 is 10.5 Å². The zero-order valence-electron chi connectivity index (χ0n) is 19.0. The van der Waals surface area contributed by atoms with Gasteiger partial charge in [0, 0.05) is 56.9 Å². The van der Waals surface area contributed by atoms with Gasteiger partial charge in [-0.15, -0.1) is 10.2 Å². The van der Waals surface area contributed by atoms with Crippen LogP contribution in [0.1, 0.15) is 25.6 Å². The van der Waals surface area contributed by atoms with Gasteiger partial charge in [0.15, 0.2) is 5.82 Å².